The summed E-state index contributed by atoms with van der Waals surface area (Å²) in [6, 6.07) is 9.98. The first kappa shape index (κ1) is 16.9. The van der Waals surface area contributed by atoms with E-state index in [4.69, 9.17) is 4.98 Å². The Morgan fingerprint density at radius 2 is 2.12 bits per heavy atom. The number of aryl methyl sites for hydroxylation is 2. The van der Waals surface area contributed by atoms with Crippen LogP contribution in [-0.2, 0) is 17.6 Å². The Labute approximate surface area is 157 Å². The average Bonchev–Trinajstić information content (AvgIpc) is 3.09. The molecule has 0 saturated heterocycles. The van der Waals surface area contributed by atoms with Crippen molar-refractivity contribution in [2.75, 3.05) is 5.32 Å². The first-order valence-electron chi connectivity index (χ1n) is 8.88. The van der Waals surface area contributed by atoms with Crippen molar-refractivity contribution in [3.63, 3.8) is 0 Å². The van der Waals surface area contributed by atoms with Crippen molar-refractivity contribution >= 4 is 22.9 Å². The predicted molar refractivity (Wildman–Crippen MR) is 105 cm³/mol. The lowest BCUT2D eigenvalue weighted by Crippen LogP contribution is -2.28. The number of aromatic nitrogens is 2. The minimum atomic E-state index is 0.00427. The van der Waals surface area contributed by atoms with Gasteiger partial charge in [0, 0.05) is 34.4 Å². The SMILES string of the molecule is Cc1cccc(NC(=O)C2CCc3nc(-c4cccnc4)sc3C2)c1C. The van der Waals surface area contributed by atoms with Gasteiger partial charge < -0.3 is 5.32 Å². The number of fused-ring (bicyclic) bond motifs is 1. The van der Waals surface area contributed by atoms with Crippen molar-refractivity contribution in [1.82, 2.24) is 9.97 Å². The van der Waals surface area contributed by atoms with E-state index in [1.165, 1.54) is 10.4 Å². The Morgan fingerprint density at radius 3 is 2.92 bits per heavy atom. The monoisotopic (exact) mass is 363 g/mol. The molecule has 0 fully saturated rings. The molecule has 4 rings (SSSR count). The number of thiazole rings is 1. The average molecular weight is 363 g/mol. The molecule has 2 heterocycles. The van der Waals surface area contributed by atoms with Gasteiger partial charge in [0.05, 0.1) is 5.69 Å². The molecule has 0 saturated carbocycles. The second-order valence-electron chi connectivity index (χ2n) is 6.81. The van der Waals surface area contributed by atoms with Gasteiger partial charge in [-0.3, -0.25) is 9.78 Å². The molecule has 0 aliphatic heterocycles. The maximum atomic E-state index is 12.8. The molecule has 26 heavy (non-hydrogen) atoms. The Bertz CT molecular complexity index is 949. The van der Waals surface area contributed by atoms with Gasteiger partial charge in [-0.25, -0.2) is 4.98 Å². The normalized spacial score (nSPS) is 16.2. The van der Waals surface area contributed by atoms with E-state index >= 15 is 0 Å². The number of carbonyl (C=O) groups excluding carboxylic acids is 1. The molecule has 0 bridgehead atoms. The molecule has 1 N–H and O–H groups in total. The van der Waals surface area contributed by atoms with Crippen LogP contribution in [0.2, 0.25) is 0 Å². The lowest BCUT2D eigenvalue weighted by molar-refractivity contribution is -0.120. The van der Waals surface area contributed by atoms with Crippen molar-refractivity contribution < 1.29 is 4.79 Å². The molecule has 132 valence electrons. The van der Waals surface area contributed by atoms with Gasteiger partial charge in [0.2, 0.25) is 5.91 Å². The summed E-state index contributed by atoms with van der Waals surface area (Å²) in [7, 11) is 0. The summed E-state index contributed by atoms with van der Waals surface area (Å²) in [4.78, 5) is 23.0. The topological polar surface area (TPSA) is 54.9 Å². The standard InChI is InChI=1S/C21H21N3OS/c1-13-5-3-7-17(14(13)2)23-20(25)15-8-9-18-19(11-15)26-21(24-18)16-6-4-10-22-12-16/h3-7,10,12,15H,8-9,11H2,1-2H3,(H,23,25). The van der Waals surface area contributed by atoms with Crippen LogP contribution >= 0.6 is 11.3 Å². The molecule has 1 aliphatic rings. The highest BCUT2D eigenvalue weighted by atomic mass is 32.1. The number of rotatable bonds is 3. The second kappa shape index (κ2) is 7.00. The molecule has 3 aromatic rings. The van der Waals surface area contributed by atoms with Crippen molar-refractivity contribution in [1.29, 1.82) is 0 Å². The van der Waals surface area contributed by atoms with Gasteiger partial charge >= 0.3 is 0 Å². The fraction of sp³-hybridized carbons (Fsp3) is 0.286. The molecular formula is C21H21N3OS. The number of hydrogen-bond acceptors (Lipinski definition) is 4. The van der Waals surface area contributed by atoms with Gasteiger partial charge in [0.1, 0.15) is 5.01 Å². The maximum absolute atomic E-state index is 12.8. The number of nitrogens with zero attached hydrogens (tertiary/aromatic N) is 2. The highest BCUT2D eigenvalue weighted by Gasteiger charge is 2.28. The van der Waals surface area contributed by atoms with Crippen LogP contribution in [0.15, 0.2) is 42.7 Å². The number of benzene rings is 1. The number of anilines is 1. The van der Waals surface area contributed by atoms with Gasteiger partial charge in [-0.05, 0) is 62.4 Å². The summed E-state index contributed by atoms with van der Waals surface area (Å²) in [5.41, 5.74) is 5.43. The van der Waals surface area contributed by atoms with Gasteiger partial charge in [-0.15, -0.1) is 11.3 Å². The number of hydrogen-bond donors (Lipinski definition) is 1. The van der Waals surface area contributed by atoms with E-state index in [0.717, 1.165) is 46.8 Å². The zero-order chi connectivity index (χ0) is 18.1. The van der Waals surface area contributed by atoms with Gasteiger partial charge in [0.25, 0.3) is 0 Å². The van der Waals surface area contributed by atoms with E-state index in [1.54, 1.807) is 17.5 Å². The fourth-order valence-corrected chi connectivity index (χ4v) is 4.51. The third-order valence-corrected chi connectivity index (χ3v) is 6.25. The summed E-state index contributed by atoms with van der Waals surface area (Å²) in [5, 5.41) is 4.12. The highest BCUT2D eigenvalue weighted by Crippen LogP contribution is 2.35. The lowest BCUT2D eigenvalue weighted by Gasteiger charge is -2.21. The van der Waals surface area contributed by atoms with Crippen LogP contribution in [0, 0.1) is 19.8 Å². The molecule has 2 aromatic heterocycles. The highest BCUT2D eigenvalue weighted by molar-refractivity contribution is 7.15. The zero-order valence-corrected chi connectivity index (χ0v) is 15.8. The Morgan fingerprint density at radius 1 is 1.23 bits per heavy atom. The quantitative estimate of drug-likeness (QED) is 0.742. The maximum Gasteiger partial charge on any atom is 0.227 e. The minimum Gasteiger partial charge on any atom is -0.326 e. The summed E-state index contributed by atoms with van der Waals surface area (Å²) in [6.07, 6.45) is 6.08. The smallest absolute Gasteiger partial charge is 0.227 e. The van der Waals surface area contributed by atoms with Crippen LogP contribution in [0.1, 0.15) is 28.1 Å². The second-order valence-corrected chi connectivity index (χ2v) is 7.89. The number of carbonyl (C=O) groups is 1. The molecule has 1 unspecified atom stereocenters. The Kier molecular flexibility index (Phi) is 4.55. The van der Waals surface area contributed by atoms with E-state index in [9.17, 15) is 4.79 Å². The summed E-state index contributed by atoms with van der Waals surface area (Å²) < 4.78 is 0. The van der Waals surface area contributed by atoms with E-state index in [2.05, 4.69) is 23.3 Å². The van der Waals surface area contributed by atoms with Gasteiger partial charge in [-0.1, -0.05) is 12.1 Å². The lowest BCUT2D eigenvalue weighted by atomic mass is 9.90. The van der Waals surface area contributed by atoms with Crippen molar-refractivity contribution in [2.24, 2.45) is 5.92 Å². The molecule has 1 amide bonds. The molecular weight excluding hydrogens is 342 g/mol. The van der Waals surface area contributed by atoms with Crippen LogP contribution in [-0.4, -0.2) is 15.9 Å². The van der Waals surface area contributed by atoms with Crippen LogP contribution in [0.5, 0.6) is 0 Å². The third-order valence-electron chi connectivity index (χ3n) is 5.08. The summed E-state index contributed by atoms with van der Waals surface area (Å²) >= 11 is 1.69. The molecule has 1 aromatic carbocycles. The first-order chi connectivity index (χ1) is 12.6. The summed E-state index contributed by atoms with van der Waals surface area (Å²) in [5.74, 6) is 0.116. The minimum absolute atomic E-state index is 0.00427. The van der Waals surface area contributed by atoms with Crippen LogP contribution < -0.4 is 5.32 Å². The Balaban J connectivity index is 1.50. The largest absolute Gasteiger partial charge is 0.326 e. The van der Waals surface area contributed by atoms with E-state index in [0.29, 0.717) is 0 Å². The molecule has 4 nitrogen and oxygen atoms in total. The number of nitrogens with one attached hydrogen (secondary N) is 1. The first-order valence-corrected chi connectivity index (χ1v) is 9.69. The predicted octanol–water partition coefficient (Wildman–Crippen LogP) is 4.57. The number of pyridine rings is 1. The molecule has 0 spiro atoms. The number of amides is 1. The van der Waals surface area contributed by atoms with Crippen LogP contribution in [0.3, 0.4) is 0 Å². The third kappa shape index (κ3) is 3.27. The van der Waals surface area contributed by atoms with Crippen LogP contribution in [0.25, 0.3) is 10.6 Å². The summed E-state index contributed by atoms with van der Waals surface area (Å²) in [6.45, 7) is 4.11. The van der Waals surface area contributed by atoms with E-state index in [1.807, 2.05) is 37.4 Å². The van der Waals surface area contributed by atoms with Crippen molar-refractivity contribution in [3.8, 4) is 10.6 Å². The fourth-order valence-electron chi connectivity index (χ4n) is 3.33. The zero-order valence-electron chi connectivity index (χ0n) is 15.0. The Hall–Kier alpha value is -2.53. The van der Waals surface area contributed by atoms with Gasteiger partial charge in [0.15, 0.2) is 0 Å². The van der Waals surface area contributed by atoms with Crippen molar-refractivity contribution in [2.45, 2.75) is 33.1 Å². The molecule has 1 atom stereocenters. The molecule has 1 aliphatic carbocycles. The molecule has 5 heteroatoms. The van der Waals surface area contributed by atoms with E-state index < -0.39 is 0 Å². The molecule has 0 radical (unpaired) electrons. The van der Waals surface area contributed by atoms with E-state index in [-0.39, 0.29) is 11.8 Å². The van der Waals surface area contributed by atoms with Crippen molar-refractivity contribution in [3.05, 3.63) is 64.4 Å². The van der Waals surface area contributed by atoms with Gasteiger partial charge in [-0.2, -0.15) is 0 Å². The van der Waals surface area contributed by atoms with Crippen LogP contribution in [0.4, 0.5) is 5.69 Å².